The van der Waals surface area contributed by atoms with E-state index in [1.807, 2.05) is 0 Å². The zero-order chi connectivity index (χ0) is 15.1. The number of likely N-dealkylation sites (tertiary alicyclic amines) is 1. The molecule has 5 nitrogen and oxygen atoms in total. The van der Waals surface area contributed by atoms with Gasteiger partial charge in [-0.1, -0.05) is 12.1 Å². The van der Waals surface area contributed by atoms with Gasteiger partial charge in [0.25, 0.3) is 0 Å². The summed E-state index contributed by atoms with van der Waals surface area (Å²) in [5.74, 6) is 1.06. The van der Waals surface area contributed by atoms with Crippen LogP contribution < -0.4 is 4.90 Å². The summed E-state index contributed by atoms with van der Waals surface area (Å²) in [5.41, 5.74) is 2.26. The first-order chi connectivity index (χ1) is 10.7. The summed E-state index contributed by atoms with van der Waals surface area (Å²) >= 11 is 0. The van der Waals surface area contributed by atoms with Gasteiger partial charge in [0.2, 0.25) is 0 Å². The molecule has 1 aromatic heterocycles. The average molecular weight is 298 g/mol. The first-order valence-corrected chi connectivity index (χ1v) is 8.01. The van der Waals surface area contributed by atoms with Gasteiger partial charge in [-0.15, -0.1) is 0 Å². The number of hydrogen-bond donors (Lipinski definition) is 0. The fourth-order valence-corrected chi connectivity index (χ4v) is 3.74. The summed E-state index contributed by atoms with van der Waals surface area (Å²) in [4.78, 5) is 13.9. The molecular formula is C17H22N4O. The Morgan fingerprint density at radius 1 is 1.23 bits per heavy atom. The molecule has 2 unspecified atom stereocenters. The van der Waals surface area contributed by atoms with Crippen molar-refractivity contribution in [1.82, 2.24) is 14.9 Å². The van der Waals surface area contributed by atoms with E-state index in [0.717, 1.165) is 49.4 Å². The number of anilines is 1. The van der Waals surface area contributed by atoms with E-state index in [0.29, 0.717) is 12.1 Å². The highest BCUT2D eigenvalue weighted by Crippen LogP contribution is 2.31. The zero-order valence-electron chi connectivity index (χ0n) is 13.2. The zero-order valence-corrected chi connectivity index (χ0v) is 13.2. The fraction of sp³-hybridized carbons (Fsp3) is 0.529. The van der Waals surface area contributed by atoms with Crippen molar-refractivity contribution in [2.24, 2.45) is 0 Å². The van der Waals surface area contributed by atoms with Crippen LogP contribution in [0.4, 0.5) is 5.82 Å². The van der Waals surface area contributed by atoms with E-state index in [2.05, 4.69) is 51.9 Å². The predicted octanol–water partition coefficient (Wildman–Crippen LogP) is 1.85. The van der Waals surface area contributed by atoms with Crippen molar-refractivity contribution >= 4 is 16.7 Å². The van der Waals surface area contributed by atoms with Crippen molar-refractivity contribution < 1.29 is 4.74 Å². The van der Waals surface area contributed by atoms with E-state index >= 15 is 0 Å². The molecule has 0 amide bonds. The number of benzene rings is 1. The van der Waals surface area contributed by atoms with E-state index in [1.165, 1.54) is 5.56 Å². The third kappa shape index (κ3) is 2.25. The molecule has 2 aliphatic rings. The van der Waals surface area contributed by atoms with E-state index in [1.54, 1.807) is 6.33 Å². The lowest BCUT2D eigenvalue weighted by molar-refractivity contribution is -0.0244. The molecular weight excluding hydrogens is 276 g/mol. The largest absolute Gasteiger partial charge is 0.374 e. The summed E-state index contributed by atoms with van der Waals surface area (Å²) in [5, 5.41) is 1.15. The van der Waals surface area contributed by atoms with Crippen LogP contribution in [0.1, 0.15) is 12.0 Å². The normalized spacial score (nSPS) is 26.2. The molecule has 5 heteroatoms. The van der Waals surface area contributed by atoms with Crippen LogP contribution >= 0.6 is 0 Å². The van der Waals surface area contributed by atoms with Crippen molar-refractivity contribution in [3.8, 4) is 0 Å². The monoisotopic (exact) mass is 298 g/mol. The van der Waals surface area contributed by atoms with Gasteiger partial charge in [-0.2, -0.15) is 0 Å². The van der Waals surface area contributed by atoms with Crippen LogP contribution in [-0.2, 0) is 4.74 Å². The maximum Gasteiger partial charge on any atom is 0.140 e. The van der Waals surface area contributed by atoms with Gasteiger partial charge >= 0.3 is 0 Å². The molecule has 0 saturated carbocycles. The fourth-order valence-electron chi connectivity index (χ4n) is 3.74. The number of likely N-dealkylation sites (N-methyl/N-ethyl adjacent to an activating group) is 1. The first-order valence-electron chi connectivity index (χ1n) is 8.01. The quantitative estimate of drug-likeness (QED) is 0.803. The van der Waals surface area contributed by atoms with Gasteiger partial charge in [0, 0.05) is 25.0 Å². The molecule has 4 rings (SSSR count). The average Bonchev–Trinajstić information content (AvgIpc) is 2.54. The second-order valence-electron chi connectivity index (χ2n) is 6.39. The number of nitrogens with zero attached hydrogens (tertiary/aromatic N) is 4. The minimum Gasteiger partial charge on any atom is -0.374 e. The predicted molar refractivity (Wildman–Crippen MR) is 87.3 cm³/mol. The molecule has 2 fully saturated rings. The Morgan fingerprint density at radius 2 is 2.14 bits per heavy atom. The number of para-hydroxylation sites is 1. The third-order valence-electron chi connectivity index (χ3n) is 4.91. The summed E-state index contributed by atoms with van der Waals surface area (Å²) in [6.45, 7) is 5.92. The highest BCUT2D eigenvalue weighted by Gasteiger charge is 2.37. The topological polar surface area (TPSA) is 41.5 Å². The van der Waals surface area contributed by atoms with Crippen molar-refractivity contribution in [2.45, 2.75) is 25.5 Å². The molecule has 1 aromatic carbocycles. The second kappa shape index (κ2) is 5.48. The van der Waals surface area contributed by atoms with Crippen LogP contribution in [0.15, 0.2) is 24.5 Å². The summed E-state index contributed by atoms with van der Waals surface area (Å²) in [7, 11) is 2.19. The molecule has 22 heavy (non-hydrogen) atoms. The minimum absolute atomic E-state index is 0.319. The van der Waals surface area contributed by atoms with E-state index < -0.39 is 0 Å². The molecule has 2 saturated heterocycles. The number of hydrogen-bond acceptors (Lipinski definition) is 5. The van der Waals surface area contributed by atoms with Gasteiger partial charge in [-0.05, 0) is 32.0 Å². The van der Waals surface area contributed by atoms with Gasteiger partial charge in [-0.3, -0.25) is 0 Å². The Morgan fingerprint density at radius 3 is 3.05 bits per heavy atom. The number of morpholine rings is 1. The van der Waals surface area contributed by atoms with Crippen molar-refractivity contribution in [3.05, 3.63) is 30.1 Å². The van der Waals surface area contributed by atoms with Crippen molar-refractivity contribution in [3.63, 3.8) is 0 Å². The standard InChI is InChI=1S/C17H22N4O/c1-12-4-3-5-13-16(12)18-11-19-17(13)21-8-9-22-15-6-7-20(2)10-14(15)21/h3-5,11,14-15H,6-10H2,1-2H3. The van der Waals surface area contributed by atoms with Crippen LogP contribution in [-0.4, -0.2) is 60.3 Å². The maximum atomic E-state index is 6.01. The molecule has 0 radical (unpaired) electrons. The van der Waals surface area contributed by atoms with Gasteiger partial charge in [0.15, 0.2) is 0 Å². The number of ether oxygens (including phenoxy) is 1. The molecule has 2 aromatic rings. The van der Waals surface area contributed by atoms with E-state index in [4.69, 9.17) is 4.74 Å². The minimum atomic E-state index is 0.319. The molecule has 0 N–H and O–H groups in total. The molecule has 116 valence electrons. The summed E-state index contributed by atoms with van der Waals surface area (Å²) in [6, 6.07) is 6.71. The van der Waals surface area contributed by atoms with Gasteiger partial charge < -0.3 is 14.5 Å². The van der Waals surface area contributed by atoms with Gasteiger partial charge in [0.05, 0.1) is 24.3 Å². The highest BCUT2D eigenvalue weighted by molar-refractivity contribution is 5.91. The highest BCUT2D eigenvalue weighted by atomic mass is 16.5. The molecule has 3 heterocycles. The van der Waals surface area contributed by atoms with Crippen LogP contribution in [0.2, 0.25) is 0 Å². The van der Waals surface area contributed by atoms with Crippen LogP contribution in [0, 0.1) is 6.92 Å². The number of rotatable bonds is 1. The Hall–Kier alpha value is -1.72. The lowest BCUT2D eigenvalue weighted by atomic mass is 9.98. The first kappa shape index (κ1) is 13.9. The Bertz CT molecular complexity index is 689. The maximum absolute atomic E-state index is 6.01. The lowest BCUT2D eigenvalue weighted by Gasteiger charge is -2.47. The lowest BCUT2D eigenvalue weighted by Crippen LogP contribution is -2.59. The van der Waals surface area contributed by atoms with Crippen LogP contribution in [0.25, 0.3) is 10.9 Å². The Kier molecular flexibility index (Phi) is 3.47. The van der Waals surface area contributed by atoms with Crippen LogP contribution in [0.3, 0.4) is 0 Å². The number of aryl methyl sites for hydroxylation is 1. The van der Waals surface area contributed by atoms with E-state index in [-0.39, 0.29) is 0 Å². The Labute approximate surface area is 130 Å². The van der Waals surface area contributed by atoms with Crippen molar-refractivity contribution in [1.29, 1.82) is 0 Å². The van der Waals surface area contributed by atoms with Gasteiger partial charge in [-0.25, -0.2) is 9.97 Å². The van der Waals surface area contributed by atoms with E-state index in [9.17, 15) is 0 Å². The second-order valence-corrected chi connectivity index (χ2v) is 6.39. The molecule has 0 aliphatic carbocycles. The number of piperidine rings is 1. The molecule has 0 bridgehead atoms. The smallest absolute Gasteiger partial charge is 0.140 e. The summed E-state index contributed by atoms with van der Waals surface area (Å²) in [6.07, 6.45) is 3.11. The number of aromatic nitrogens is 2. The molecule has 2 atom stereocenters. The third-order valence-corrected chi connectivity index (χ3v) is 4.91. The van der Waals surface area contributed by atoms with Crippen molar-refractivity contribution in [2.75, 3.05) is 38.2 Å². The molecule has 2 aliphatic heterocycles. The summed E-state index contributed by atoms with van der Waals surface area (Å²) < 4.78 is 6.01. The molecule has 0 spiro atoms. The Balaban J connectivity index is 1.78. The van der Waals surface area contributed by atoms with Gasteiger partial charge in [0.1, 0.15) is 12.1 Å². The number of fused-ring (bicyclic) bond motifs is 2. The SMILES string of the molecule is Cc1cccc2c(N3CCOC4CCN(C)CC43)ncnc12. The van der Waals surface area contributed by atoms with Crippen LogP contribution in [0.5, 0.6) is 0 Å².